The summed E-state index contributed by atoms with van der Waals surface area (Å²) in [5, 5.41) is 5.61. The Bertz CT molecular complexity index is 700. The monoisotopic (exact) mass is 404 g/mol. The highest BCUT2D eigenvalue weighted by Crippen LogP contribution is 2.72. The Morgan fingerprint density at radius 2 is 1.92 bits per heavy atom. The Hall–Kier alpha value is -0.530. The summed E-state index contributed by atoms with van der Waals surface area (Å²) in [6.45, 7) is 7.00. The lowest BCUT2D eigenvalue weighted by Crippen LogP contribution is -2.53. The molecular weight excluding hydrogens is 386 g/mol. The van der Waals surface area contributed by atoms with Crippen molar-refractivity contribution in [3.8, 4) is 0 Å². The fraction of sp³-hybridized carbons (Fsp3) is 0.923. The first kappa shape index (κ1) is 19.2. The molecule has 8 nitrogen and oxygen atoms in total. The second-order valence-corrected chi connectivity index (χ2v) is 9.71. The molecule has 1 heterocycles. The third-order valence-electron chi connectivity index (χ3n) is 6.51. The van der Waals surface area contributed by atoms with Crippen molar-refractivity contribution in [2.24, 2.45) is 23.2 Å². The molecule has 1 saturated heterocycles. The number of hydrogen-bond acceptors (Lipinski definition) is 9. The van der Waals surface area contributed by atoms with E-state index in [9.17, 15) is 22.0 Å². The van der Waals surface area contributed by atoms with Gasteiger partial charge in [-0.05, 0) is 18.8 Å². The molecule has 0 aromatic heterocycles. The van der Waals surface area contributed by atoms with Crippen LogP contribution < -0.4 is 0 Å². The van der Waals surface area contributed by atoms with Crippen LogP contribution in [0.4, 0.5) is 8.78 Å². The van der Waals surface area contributed by atoms with Crippen LogP contribution in [0.5, 0.6) is 0 Å². The molecule has 0 spiro atoms. The van der Waals surface area contributed by atoms with Crippen molar-refractivity contribution in [3.05, 3.63) is 0 Å². The highest BCUT2D eigenvalue weighted by Gasteiger charge is 2.81. The van der Waals surface area contributed by atoms with Crippen molar-refractivity contribution in [1.29, 1.82) is 0 Å². The summed E-state index contributed by atoms with van der Waals surface area (Å²) in [6.07, 6.45) is -1.28. The molecule has 7 unspecified atom stereocenters. The van der Waals surface area contributed by atoms with Gasteiger partial charge in [0.05, 0.1) is 5.60 Å². The largest absolute Gasteiger partial charge is 0.455 e. The van der Waals surface area contributed by atoms with Crippen molar-refractivity contribution in [2.45, 2.75) is 49.9 Å². The highest BCUT2D eigenvalue weighted by atomic mass is 32.2. The maximum absolute atomic E-state index is 13.7. The molecule has 0 radical (unpaired) electrons. The maximum Gasteiger partial charge on any atom is 0.415 e. The van der Waals surface area contributed by atoms with Crippen LogP contribution in [-0.2, 0) is 33.2 Å². The van der Waals surface area contributed by atoms with Gasteiger partial charge in [-0.2, -0.15) is 17.2 Å². The fourth-order valence-corrected chi connectivity index (χ4v) is 7.69. The van der Waals surface area contributed by atoms with Crippen LogP contribution in [0.1, 0.15) is 27.7 Å². The number of fused-ring (bicyclic) bond motifs is 1. The van der Waals surface area contributed by atoms with Crippen molar-refractivity contribution < 1.29 is 45.5 Å². The van der Waals surface area contributed by atoms with E-state index in [-0.39, 0.29) is 11.8 Å². The van der Waals surface area contributed by atoms with Crippen LogP contribution in [0.3, 0.4) is 0 Å². The van der Waals surface area contributed by atoms with Gasteiger partial charge in [-0.1, -0.05) is 25.8 Å². The van der Waals surface area contributed by atoms with Crippen LogP contribution in [0, 0.1) is 23.2 Å². The second-order valence-electron chi connectivity index (χ2n) is 7.20. The van der Waals surface area contributed by atoms with Crippen LogP contribution >= 0.6 is 12.0 Å². The minimum atomic E-state index is -4.19. The molecule has 2 bridgehead atoms. The summed E-state index contributed by atoms with van der Waals surface area (Å²) in [5.74, 6) is -3.00. The third-order valence-corrected chi connectivity index (χ3v) is 8.81. The first-order valence-corrected chi connectivity index (χ1v) is 9.74. The number of carbonyl (C=O) groups excluding carboxylic acids is 1. The van der Waals surface area contributed by atoms with Gasteiger partial charge >= 0.3 is 11.2 Å². The zero-order chi connectivity index (χ0) is 19.0. The van der Waals surface area contributed by atoms with Crippen molar-refractivity contribution >= 4 is 28.1 Å². The molecule has 3 rings (SSSR count). The molecule has 0 amide bonds. The average Bonchev–Trinajstić information content (AvgIpc) is 2.91. The summed E-state index contributed by atoms with van der Waals surface area (Å²) in [4.78, 5) is 11.9. The number of carbonyl (C=O) groups is 1. The van der Waals surface area contributed by atoms with Crippen molar-refractivity contribution in [2.75, 3.05) is 0 Å². The van der Waals surface area contributed by atoms with E-state index in [1.54, 1.807) is 20.8 Å². The van der Waals surface area contributed by atoms with Gasteiger partial charge in [0.15, 0.2) is 0 Å². The maximum atomic E-state index is 13.7. The molecule has 7 atom stereocenters. The normalized spacial score (nSPS) is 47.2. The summed E-state index contributed by atoms with van der Waals surface area (Å²) >= 11 is -0.752. The smallest absolute Gasteiger partial charge is 0.415 e. The molecule has 25 heavy (non-hydrogen) atoms. The fourth-order valence-electron chi connectivity index (χ4n) is 5.08. The van der Waals surface area contributed by atoms with Crippen molar-refractivity contribution in [3.63, 3.8) is 0 Å². The third kappa shape index (κ3) is 2.31. The molecule has 0 aromatic rings. The highest BCUT2D eigenvalue weighted by molar-refractivity contribution is 7.96. The van der Waals surface area contributed by atoms with Gasteiger partial charge in [-0.3, -0.25) is 4.18 Å². The van der Waals surface area contributed by atoms with Gasteiger partial charge in [0.2, 0.25) is 0 Å². The molecule has 3 aliphatic rings. The number of esters is 1. The van der Waals surface area contributed by atoms with E-state index in [2.05, 4.69) is 9.37 Å². The Morgan fingerprint density at radius 3 is 2.48 bits per heavy atom. The predicted molar refractivity (Wildman–Crippen MR) is 79.3 cm³/mol. The molecule has 144 valence electrons. The van der Waals surface area contributed by atoms with Crippen LogP contribution in [0.15, 0.2) is 0 Å². The van der Waals surface area contributed by atoms with Gasteiger partial charge < -0.3 is 4.74 Å². The zero-order valence-electron chi connectivity index (χ0n) is 13.8. The van der Waals surface area contributed by atoms with Crippen LogP contribution in [0.25, 0.3) is 0 Å². The van der Waals surface area contributed by atoms with Gasteiger partial charge in [0.25, 0.3) is 10.1 Å². The van der Waals surface area contributed by atoms with Gasteiger partial charge in [-0.25, -0.2) is 10.1 Å². The molecule has 2 saturated carbocycles. The molecule has 2 aliphatic carbocycles. The molecule has 12 heteroatoms. The SMILES string of the molecule is CC1C2C3C(OC(=O)C(F)(F)SOOO)C1(C)C(C)C2(C)OS3(=O)=O. The van der Waals surface area contributed by atoms with Gasteiger partial charge in [-0.15, -0.1) is 4.33 Å². The second kappa shape index (κ2) is 5.49. The lowest BCUT2D eigenvalue weighted by Gasteiger charge is -2.42. The van der Waals surface area contributed by atoms with E-state index in [1.807, 2.05) is 6.92 Å². The Kier molecular flexibility index (Phi) is 4.22. The van der Waals surface area contributed by atoms with E-state index in [1.165, 1.54) is 0 Å². The van der Waals surface area contributed by atoms with E-state index in [0.29, 0.717) is 0 Å². The topological polar surface area (TPSA) is 108 Å². The van der Waals surface area contributed by atoms with Crippen molar-refractivity contribution in [1.82, 2.24) is 0 Å². The molecule has 1 aliphatic heterocycles. The molecular formula is C13H18F2O8S2. The first-order valence-electron chi connectivity index (χ1n) is 7.53. The van der Waals surface area contributed by atoms with E-state index >= 15 is 0 Å². The van der Waals surface area contributed by atoms with Crippen LogP contribution in [0.2, 0.25) is 0 Å². The number of hydrogen-bond donors (Lipinski definition) is 1. The van der Waals surface area contributed by atoms with E-state index in [0.717, 1.165) is 0 Å². The number of halogens is 2. The number of alkyl halides is 2. The Balaban J connectivity index is 1.94. The summed E-state index contributed by atoms with van der Waals surface area (Å²) in [5.41, 5.74) is -1.80. The van der Waals surface area contributed by atoms with Gasteiger partial charge in [0, 0.05) is 11.3 Å². The average molecular weight is 404 g/mol. The first-order chi connectivity index (χ1) is 11.3. The van der Waals surface area contributed by atoms with Crippen LogP contribution in [-0.4, -0.2) is 41.9 Å². The lowest BCUT2D eigenvalue weighted by molar-refractivity contribution is -0.433. The summed E-state index contributed by atoms with van der Waals surface area (Å²) in [7, 11) is -4.08. The minimum absolute atomic E-state index is 0.217. The van der Waals surface area contributed by atoms with E-state index in [4.69, 9.17) is 14.2 Å². The molecule has 0 aromatic carbocycles. The lowest BCUT2D eigenvalue weighted by atomic mass is 9.68. The quantitative estimate of drug-likeness (QED) is 0.242. The summed E-state index contributed by atoms with van der Waals surface area (Å²) in [6, 6.07) is 0. The zero-order valence-corrected chi connectivity index (χ0v) is 15.4. The number of rotatable bonds is 5. The Labute approximate surface area is 147 Å². The van der Waals surface area contributed by atoms with E-state index < -0.39 is 61.7 Å². The predicted octanol–water partition coefficient (Wildman–Crippen LogP) is 1.97. The minimum Gasteiger partial charge on any atom is -0.455 e. The Morgan fingerprint density at radius 1 is 1.32 bits per heavy atom. The van der Waals surface area contributed by atoms with Gasteiger partial charge in [0.1, 0.15) is 23.4 Å². The molecule has 3 fully saturated rings. The number of ether oxygens (including phenoxy) is 1. The standard InChI is InChI=1S/C13H18F2O8S2/c1-5-7-8-9(20-10(16)13(14,15)24-23-22-17)11(5,3)6(2)12(7,4)21-25(8,18)19/h5-9,17H,1-4H3. The molecule has 1 N–H and O–H groups in total. The summed E-state index contributed by atoms with van der Waals surface area (Å²) < 4.78 is 66.3.